The molecule has 2 aromatic carbocycles. The Labute approximate surface area is 153 Å². The molecule has 0 radical (unpaired) electrons. The molecule has 6 heteroatoms. The highest BCUT2D eigenvalue weighted by atomic mass is 19.1. The fourth-order valence-corrected chi connectivity index (χ4v) is 2.49. The first-order valence-electron chi connectivity index (χ1n) is 8.66. The predicted octanol–water partition coefficient (Wildman–Crippen LogP) is 3.28. The summed E-state index contributed by atoms with van der Waals surface area (Å²) in [6.45, 7) is 4.25. The summed E-state index contributed by atoms with van der Waals surface area (Å²) >= 11 is 0. The minimum atomic E-state index is -0.251. The smallest absolute Gasteiger partial charge is 0.191 e. The number of hydrogen-bond donors (Lipinski definition) is 2. The molecule has 2 N–H and O–H groups in total. The van der Waals surface area contributed by atoms with Gasteiger partial charge in [-0.2, -0.15) is 0 Å². The van der Waals surface area contributed by atoms with E-state index in [2.05, 4.69) is 15.6 Å². The monoisotopic (exact) mass is 360 g/mol. The van der Waals surface area contributed by atoms with Crippen LogP contribution >= 0.6 is 0 Å². The van der Waals surface area contributed by atoms with Crippen molar-refractivity contribution in [2.24, 2.45) is 4.99 Å². The summed E-state index contributed by atoms with van der Waals surface area (Å²) < 4.78 is 26.8. The Morgan fingerprint density at radius 1 is 1.00 bits per heavy atom. The minimum Gasteiger partial charge on any atom is -0.357 e. The average Bonchev–Trinajstić information content (AvgIpc) is 2.61. The van der Waals surface area contributed by atoms with Crippen LogP contribution in [0.5, 0.6) is 0 Å². The fraction of sp³-hybridized carbons (Fsp3) is 0.350. The van der Waals surface area contributed by atoms with E-state index in [4.69, 9.17) is 0 Å². The summed E-state index contributed by atoms with van der Waals surface area (Å²) in [4.78, 5) is 6.48. The van der Waals surface area contributed by atoms with Gasteiger partial charge in [0.1, 0.15) is 11.6 Å². The average molecular weight is 360 g/mol. The maximum Gasteiger partial charge on any atom is 0.191 e. The molecule has 0 saturated carbocycles. The van der Waals surface area contributed by atoms with Crippen molar-refractivity contribution in [2.75, 3.05) is 20.6 Å². The molecule has 0 unspecified atom stereocenters. The summed E-state index contributed by atoms with van der Waals surface area (Å²) in [5, 5.41) is 6.39. The maximum absolute atomic E-state index is 13.9. The van der Waals surface area contributed by atoms with Crippen LogP contribution < -0.4 is 10.6 Å². The molecule has 0 bridgehead atoms. The molecule has 0 saturated heterocycles. The SMILES string of the molecule is CCNC(=NCc1ccc(F)c(CN(C)C)c1)NCc1ccc(F)cc1. The first-order chi connectivity index (χ1) is 12.5. The fourth-order valence-electron chi connectivity index (χ4n) is 2.49. The number of nitrogens with one attached hydrogen (secondary N) is 2. The molecule has 0 aliphatic carbocycles. The summed E-state index contributed by atoms with van der Waals surface area (Å²) in [7, 11) is 3.82. The third-order valence-corrected chi connectivity index (χ3v) is 3.73. The molecule has 0 amide bonds. The number of rotatable bonds is 7. The van der Waals surface area contributed by atoms with Gasteiger partial charge in [-0.3, -0.25) is 0 Å². The zero-order chi connectivity index (χ0) is 18.9. The highest BCUT2D eigenvalue weighted by molar-refractivity contribution is 5.79. The Morgan fingerprint density at radius 3 is 2.35 bits per heavy atom. The lowest BCUT2D eigenvalue weighted by molar-refractivity contribution is 0.392. The van der Waals surface area contributed by atoms with Crippen LogP contribution in [0.1, 0.15) is 23.6 Å². The highest BCUT2D eigenvalue weighted by Gasteiger charge is 2.05. The first kappa shape index (κ1) is 19.8. The molecule has 0 aliphatic rings. The van der Waals surface area contributed by atoms with E-state index in [9.17, 15) is 8.78 Å². The minimum absolute atomic E-state index is 0.201. The molecule has 0 aromatic heterocycles. The van der Waals surface area contributed by atoms with E-state index in [1.165, 1.54) is 18.2 Å². The quantitative estimate of drug-likeness (QED) is 0.588. The number of benzene rings is 2. The van der Waals surface area contributed by atoms with Gasteiger partial charge in [-0.1, -0.05) is 18.2 Å². The molecule has 0 heterocycles. The lowest BCUT2D eigenvalue weighted by Gasteiger charge is -2.13. The molecule has 2 rings (SSSR count). The van der Waals surface area contributed by atoms with Crippen molar-refractivity contribution in [1.29, 1.82) is 0 Å². The number of halogens is 2. The summed E-state index contributed by atoms with van der Waals surface area (Å²) in [6.07, 6.45) is 0. The standard InChI is InChI=1S/C20H26F2N4/c1-4-23-20(24-12-15-5-8-18(21)9-6-15)25-13-16-7-10-19(22)17(11-16)14-26(2)3/h5-11H,4,12-14H2,1-3H3,(H2,23,24,25). The van der Waals surface area contributed by atoms with E-state index in [1.807, 2.05) is 32.0 Å². The van der Waals surface area contributed by atoms with Crippen molar-refractivity contribution < 1.29 is 8.78 Å². The number of nitrogens with zero attached hydrogens (tertiary/aromatic N) is 2. The van der Waals surface area contributed by atoms with E-state index < -0.39 is 0 Å². The Kier molecular flexibility index (Phi) is 7.53. The molecule has 140 valence electrons. The van der Waals surface area contributed by atoms with E-state index in [-0.39, 0.29) is 11.6 Å². The summed E-state index contributed by atoms with van der Waals surface area (Å²) in [6, 6.07) is 11.4. The third kappa shape index (κ3) is 6.44. The Morgan fingerprint density at radius 2 is 1.69 bits per heavy atom. The van der Waals surface area contributed by atoms with Gasteiger partial charge in [0, 0.05) is 25.2 Å². The van der Waals surface area contributed by atoms with Crippen LogP contribution in [0.2, 0.25) is 0 Å². The zero-order valence-corrected chi connectivity index (χ0v) is 15.5. The maximum atomic E-state index is 13.9. The van der Waals surface area contributed by atoms with Gasteiger partial charge in [-0.15, -0.1) is 0 Å². The van der Waals surface area contributed by atoms with Crippen LogP contribution in [0, 0.1) is 11.6 Å². The van der Waals surface area contributed by atoms with Crippen LogP contribution in [-0.4, -0.2) is 31.5 Å². The molecule has 4 nitrogen and oxygen atoms in total. The predicted molar refractivity (Wildman–Crippen MR) is 102 cm³/mol. The molecule has 0 fully saturated rings. The van der Waals surface area contributed by atoms with Gasteiger partial charge in [-0.05, 0) is 56.4 Å². The molecular formula is C20H26F2N4. The van der Waals surface area contributed by atoms with Gasteiger partial charge in [0.05, 0.1) is 6.54 Å². The molecule has 0 atom stereocenters. The number of aliphatic imine (C=N–C) groups is 1. The molecular weight excluding hydrogens is 334 g/mol. The van der Waals surface area contributed by atoms with E-state index in [0.29, 0.717) is 31.2 Å². The number of hydrogen-bond acceptors (Lipinski definition) is 2. The van der Waals surface area contributed by atoms with E-state index >= 15 is 0 Å². The highest BCUT2D eigenvalue weighted by Crippen LogP contribution is 2.13. The van der Waals surface area contributed by atoms with E-state index in [1.54, 1.807) is 18.2 Å². The van der Waals surface area contributed by atoms with Crippen molar-refractivity contribution in [2.45, 2.75) is 26.6 Å². The van der Waals surface area contributed by atoms with E-state index in [0.717, 1.165) is 17.7 Å². The van der Waals surface area contributed by atoms with Crippen LogP contribution in [0.4, 0.5) is 8.78 Å². The van der Waals surface area contributed by atoms with Gasteiger partial charge in [-0.25, -0.2) is 13.8 Å². The van der Waals surface area contributed by atoms with Crippen LogP contribution in [0.25, 0.3) is 0 Å². The van der Waals surface area contributed by atoms with Crippen molar-refractivity contribution in [1.82, 2.24) is 15.5 Å². The van der Waals surface area contributed by atoms with Crippen LogP contribution in [0.15, 0.2) is 47.5 Å². The van der Waals surface area contributed by atoms with Gasteiger partial charge in [0.2, 0.25) is 0 Å². The largest absolute Gasteiger partial charge is 0.357 e. The number of guanidine groups is 1. The van der Waals surface area contributed by atoms with Gasteiger partial charge >= 0.3 is 0 Å². The molecule has 0 aliphatic heterocycles. The normalized spacial score (nSPS) is 11.7. The lowest BCUT2D eigenvalue weighted by Crippen LogP contribution is -2.36. The topological polar surface area (TPSA) is 39.7 Å². The van der Waals surface area contributed by atoms with Crippen molar-refractivity contribution in [3.05, 3.63) is 70.8 Å². The summed E-state index contributed by atoms with van der Waals surface area (Å²) in [5.74, 6) is 0.210. The Balaban J connectivity index is 2.02. The molecule has 0 spiro atoms. The second-order valence-corrected chi connectivity index (χ2v) is 6.34. The van der Waals surface area contributed by atoms with Gasteiger partial charge in [0.25, 0.3) is 0 Å². The Bertz CT molecular complexity index is 727. The second-order valence-electron chi connectivity index (χ2n) is 6.34. The van der Waals surface area contributed by atoms with Crippen LogP contribution in [-0.2, 0) is 19.6 Å². The molecule has 2 aromatic rings. The zero-order valence-electron chi connectivity index (χ0n) is 15.5. The van der Waals surface area contributed by atoms with Crippen molar-refractivity contribution >= 4 is 5.96 Å². The second kappa shape index (κ2) is 9.87. The Hall–Kier alpha value is -2.47. The van der Waals surface area contributed by atoms with Crippen molar-refractivity contribution in [3.63, 3.8) is 0 Å². The van der Waals surface area contributed by atoms with Crippen LogP contribution in [0.3, 0.4) is 0 Å². The van der Waals surface area contributed by atoms with Crippen molar-refractivity contribution in [3.8, 4) is 0 Å². The third-order valence-electron chi connectivity index (χ3n) is 3.73. The summed E-state index contributed by atoms with van der Waals surface area (Å²) in [5.41, 5.74) is 2.57. The first-order valence-corrected chi connectivity index (χ1v) is 8.66. The van der Waals surface area contributed by atoms with Gasteiger partial charge in [0.15, 0.2) is 5.96 Å². The van der Waals surface area contributed by atoms with Gasteiger partial charge < -0.3 is 15.5 Å². The molecule has 26 heavy (non-hydrogen) atoms. The lowest BCUT2D eigenvalue weighted by atomic mass is 10.1.